The zero-order chi connectivity index (χ0) is 11.9. The van der Waals surface area contributed by atoms with Crippen molar-refractivity contribution < 1.29 is 0 Å². The van der Waals surface area contributed by atoms with Crippen molar-refractivity contribution in [3.8, 4) is 0 Å². The summed E-state index contributed by atoms with van der Waals surface area (Å²) in [4.78, 5) is 4.43. The summed E-state index contributed by atoms with van der Waals surface area (Å²) in [6.45, 7) is 5.83. The van der Waals surface area contributed by atoms with E-state index in [1.54, 1.807) is 16.0 Å². The highest BCUT2D eigenvalue weighted by molar-refractivity contribution is 7.09. The van der Waals surface area contributed by atoms with Gasteiger partial charge >= 0.3 is 0 Å². The molecule has 0 saturated carbocycles. The molecule has 2 N–H and O–H groups in total. The lowest BCUT2D eigenvalue weighted by Crippen LogP contribution is -2.12. The molecule has 0 saturated heterocycles. The van der Waals surface area contributed by atoms with Gasteiger partial charge in [0.05, 0.1) is 22.4 Å². The lowest BCUT2D eigenvalue weighted by molar-refractivity contribution is 0.558. The Hall–Kier alpha value is -1.07. The molecule has 16 heavy (non-hydrogen) atoms. The fourth-order valence-electron chi connectivity index (χ4n) is 1.54. The number of nitrogen functional groups attached to an aromatic ring is 1. The summed E-state index contributed by atoms with van der Waals surface area (Å²) in [5.74, 6) is 0.498. The predicted octanol–water partition coefficient (Wildman–Crippen LogP) is 2.80. The average molecular weight is 257 g/mol. The lowest BCUT2D eigenvalue weighted by Gasteiger charge is -2.11. The van der Waals surface area contributed by atoms with Crippen molar-refractivity contribution in [2.45, 2.75) is 26.8 Å². The summed E-state index contributed by atoms with van der Waals surface area (Å²) < 4.78 is 1.71. The van der Waals surface area contributed by atoms with Gasteiger partial charge in [0.15, 0.2) is 0 Å². The van der Waals surface area contributed by atoms with Crippen molar-refractivity contribution in [1.29, 1.82) is 0 Å². The van der Waals surface area contributed by atoms with Crippen LogP contribution in [0.2, 0.25) is 5.02 Å². The van der Waals surface area contributed by atoms with Crippen molar-refractivity contribution >= 4 is 28.8 Å². The minimum atomic E-state index is 0.0103. The fraction of sp³-hybridized carbons (Fsp3) is 0.400. The highest BCUT2D eigenvalue weighted by Gasteiger charge is 2.18. The number of nitrogens with two attached hydrogens (primary N) is 1. The molecule has 0 bridgehead atoms. The van der Waals surface area contributed by atoms with Crippen LogP contribution >= 0.6 is 22.9 Å². The second-order valence-electron chi connectivity index (χ2n) is 3.70. The zero-order valence-electron chi connectivity index (χ0n) is 9.36. The van der Waals surface area contributed by atoms with E-state index < -0.39 is 0 Å². The largest absolute Gasteiger partial charge is 0.383 e. The second kappa shape index (κ2) is 4.07. The van der Waals surface area contributed by atoms with Crippen LogP contribution in [0.15, 0.2) is 5.38 Å². The van der Waals surface area contributed by atoms with Crippen LogP contribution in [0.25, 0.3) is 0 Å². The highest BCUT2D eigenvalue weighted by atomic mass is 35.5. The predicted molar refractivity (Wildman–Crippen MR) is 67.1 cm³/mol. The molecule has 0 aliphatic carbocycles. The maximum atomic E-state index is 6.01. The van der Waals surface area contributed by atoms with Crippen LogP contribution in [-0.2, 0) is 0 Å². The summed E-state index contributed by atoms with van der Waals surface area (Å²) in [6, 6.07) is 0.0103. The van der Waals surface area contributed by atoms with E-state index in [0.717, 1.165) is 16.4 Å². The van der Waals surface area contributed by atoms with E-state index in [2.05, 4.69) is 10.1 Å². The Morgan fingerprint density at radius 1 is 1.50 bits per heavy atom. The van der Waals surface area contributed by atoms with Gasteiger partial charge in [-0.3, -0.25) is 0 Å². The van der Waals surface area contributed by atoms with E-state index >= 15 is 0 Å². The standard InChI is InChI=1S/C10H13ClN4S/c1-5-9(11)10(12)15(14-5)6(2)8-4-16-7(3)13-8/h4,6H,12H2,1-3H3. The van der Waals surface area contributed by atoms with Gasteiger partial charge in [0.25, 0.3) is 0 Å². The normalized spacial score (nSPS) is 13.0. The Labute approximate surface area is 103 Å². The first kappa shape index (κ1) is 11.4. The van der Waals surface area contributed by atoms with Gasteiger partial charge in [0.2, 0.25) is 0 Å². The van der Waals surface area contributed by atoms with Crippen LogP contribution in [0.4, 0.5) is 5.82 Å². The van der Waals surface area contributed by atoms with Crippen LogP contribution in [0.5, 0.6) is 0 Å². The van der Waals surface area contributed by atoms with E-state index in [4.69, 9.17) is 17.3 Å². The van der Waals surface area contributed by atoms with Gasteiger partial charge < -0.3 is 5.73 Å². The van der Waals surface area contributed by atoms with Crippen molar-refractivity contribution in [3.63, 3.8) is 0 Å². The van der Waals surface area contributed by atoms with Gasteiger partial charge in [-0.1, -0.05) is 11.6 Å². The summed E-state index contributed by atoms with van der Waals surface area (Å²) >= 11 is 7.63. The monoisotopic (exact) mass is 256 g/mol. The van der Waals surface area contributed by atoms with Gasteiger partial charge in [-0.15, -0.1) is 11.3 Å². The number of halogens is 1. The molecule has 1 unspecified atom stereocenters. The Kier molecular flexibility index (Phi) is 2.90. The molecule has 0 aliphatic rings. The number of aromatic nitrogens is 3. The quantitative estimate of drug-likeness (QED) is 0.899. The molecule has 4 nitrogen and oxygen atoms in total. The maximum absolute atomic E-state index is 6.01. The lowest BCUT2D eigenvalue weighted by atomic mass is 10.3. The molecule has 0 aromatic carbocycles. The summed E-state index contributed by atoms with van der Waals surface area (Å²) in [6.07, 6.45) is 0. The molecule has 2 rings (SSSR count). The Bertz CT molecular complexity index is 517. The van der Waals surface area contributed by atoms with Gasteiger partial charge in [0, 0.05) is 5.38 Å². The number of rotatable bonds is 2. The van der Waals surface area contributed by atoms with Crippen molar-refractivity contribution in [2.75, 3.05) is 5.73 Å². The third-order valence-electron chi connectivity index (χ3n) is 2.48. The van der Waals surface area contributed by atoms with E-state index in [-0.39, 0.29) is 6.04 Å². The third kappa shape index (κ3) is 1.81. The van der Waals surface area contributed by atoms with E-state index in [9.17, 15) is 0 Å². The smallest absolute Gasteiger partial charge is 0.141 e. The zero-order valence-corrected chi connectivity index (χ0v) is 10.9. The Morgan fingerprint density at radius 3 is 2.62 bits per heavy atom. The molecule has 0 radical (unpaired) electrons. The van der Waals surface area contributed by atoms with Gasteiger partial charge in [-0.25, -0.2) is 9.67 Å². The van der Waals surface area contributed by atoms with Crippen molar-refractivity contribution in [1.82, 2.24) is 14.8 Å². The number of anilines is 1. The molecule has 86 valence electrons. The van der Waals surface area contributed by atoms with Gasteiger partial charge in [-0.2, -0.15) is 5.10 Å². The van der Waals surface area contributed by atoms with Gasteiger partial charge in [0.1, 0.15) is 10.8 Å². The van der Waals surface area contributed by atoms with E-state index in [1.807, 2.05) is 26.2 Å². The van der Waals surface area contributed by atoms with Crippen LogP contribution in [0.3, 0.4) is 0 Å². The molecule has 0 spiro atoms. The van der Waals surface area contributed by atoms with Crippen LogP contribution < -0.4 is 5.73 Å². The minimum absolute atomic E-state index is 0.0103. The fourth-order valence-corrected chi connectivity index (χ4v) is 2.36. The Balaban J connectivity index is 2.41. The molecule has 0 aliphatic heterocycles. The van der Waals surface area contributed by atoms with Crippen LogP contribution in [0, 0.1) is 13.8 Å². The average Bonchev–Trinajstić information content (AvgIpc) is 2.78. The third-order valence-corrected chi connectivity index (χ3v) is 3.74. The SMILES string of the molecule is Cc1nc(C(C)n2nc(C)c(Cl)c2N)cs1. The molecule has 1 atom stereocenters. The number of aryl methyl sites for hydroxylation is 2. The first-order valence-electron chi connectivity index (χ1n) is 4.92. The van der Waals surface area contributed by atoms with Crippen LogP contribution in [0.1, 0.15) is 29.4 Å². The topological polar surface area (TPSA) is 56.7 Å². The maximum Gasteiger partial charge on any atom is 0.141 e. The van der Waals surface area contributed by atoms with E-state index in [1.165, 1.54) is 0 Å². The summed E-state index contributed by atoms with van der Waals surface area (Å²) in [5.41, 5.74) is 7.61. The molecule has 6 heteroatoms. The van der Waals surface area contributed by atoms with Crippen molar-refractivity contribution in [3.05, 3.63) is 26.8 Å². The van der Waals surface area contributed by atoms with Crippen LogP contribution in [-0.4, -0.2) is 14.8 Å². The number of thiazole rings is 1. The molecule has 2 aromatic heterocycles. The van der Waals surface area contributed by atoms with E-state index in [0.29, 0.717) is 10.8 Å². The molecule has 0 amide bonds. The number of hydrogen-bond donors (Lipinski definition) is 1. The second-order valence-corrected chi connectivity index (χ2v) is 5.14. The first-order chi connectivity index (χ1) is 7.50. The first-order valence-corrected chi connectivity index (χ1v) is 6.18. The molecule has 2 heterocycles. The van der Waals surface area contributed by atoms with Gasteiger partial charge in [-0.05, 0) is 20.8 Å². The summed E-state index contributed by atoms with van der Waals surface area (Å²) in [7, 11) is 0. The molecule has 0 fully saturated rings. The Morgan fingerprint density at radius 2 is 2.19 bits per heavy atom. The highest BCUT2D eigenvalue weighted by Crippen LogP contribution is 2.28. The molecular formula is C10H13ClN4S. The minimum Gasteiger partial charge on any atom is -0.383 e. The molecule has 2 aromatic rings. The number of hydrogen-bond acceptors (Lipinski definition) is 4. The molecular weight excluding hydrogens is 244 g/mol. The number of nitrogens with zero attached hydrogens (tertiary/aromatic N) is 3. The van der Waals surface area contributed by atoms with Crippen molar-refractivity contribution in [2.24, 2.45) is 0 Å². The summed E-state index contributed by atoms with van der Waals surface area (Å²) in [5, 5.41) is 7.90.